The highest BCUT2D eigenvalue weighted by Gasteiger charge is 2.13. The molecule has 4 nitrogen and oxygen atoms in total. The van der Waals surface area contributed by atoms with Crippen molar-refractivity contribution in [1.29, 1.82) is 0 Å². The number of ether oxygens (including phenoxy) is 2. The molecule has 2 aromatic rings. The lowest BCUT2D eigenvalue weighted by molar-refractivity contribution is 0.0594. The van der Waals surface area contributed by atoms with Gasteiger partial charge in [-0.2, -0.15) is 0 Å². The highest BCUT2D eigenvalue weighted by molar-refractivity contribution is 7.17. The number of fused-ring (bicyclic) bond motifs is 1. The van der Waals surface area contributed by atoms with Gasteiger partial charge in [0.2, 0.25) is 0 Å². The SMILES string of the molecule is CCOc1cc(C(=O)OC)nc2ccsc12. The number of thiophene rings is 1. The average Bonchev–Trinajstić information content (AvgIpc) is 2.76. The van der Waals surface area contributed by atoms with E-state index in [-0.39, 0.29) is 5.69 Å². The lowest BCUT2D eigenvalue weighted by atomic mass is 10.3. The minimum Gasteiger partial charge on any atom is -0.492 e. The highest BCUT2D eigenvalue weighted by atomic mass is 32.1. The number of methoxy groups -OCH3 is 1. The molecule has 5 heteroatoms. The van der Waals surface area contributed by atoms with Crippen molar-refractivity contribution in [2.75, 3.05) is 13.7 Å². The topological polar surface area (TPSA) is 48.4 Å². The van der Waals surface area contributed by atoms with Crippen molar-refractivity contribution in [2.24, 2.45) is 0 Å². The number of carbonyl (C=O) groups is 1. The molecule has 0 aliphatic carbocycles. The van der Waals surface area contributed by atoms with Crippen molar-refractivity contribution in [3.05, 3.63) is 23.2 Å². The third-order valence-corrected chi connectivity index (χ3v) is 2.99. The van der Waals surface area contributed by atoms with Gasteiger partial charge in [0, 0.05) is 6.07 Å². The second kappa shape index (κ2) is 4.49. The Kier molecular flexibility index (Phi) is 3.05. The van der Waals surface area contributed by atoms with Crippen LogP contribution in [-0.4, -0.2) is 24.7 Å². The first kappa shape index (κ1) is 10.9. The summed E-state index contributed by atoms with van der Waals surface area (Å²) in [5, 5.41) is 1.92. The predicted molar refractivity (Wildman–Crippen MR) is 62.1 cm³/mol. The quantitative estimate of drug-likeness (QED) is 0.769. The van der Waals surface area contributed by atoms with Crippen LogP contribution >= 0.6 is 11.3 Å². The summed E-state index contributed by atoms with van der Waals surface area (Å²) in [6.45, 7) is 2.45. The zero-order valence-electron chi connectivity index (χ0n) is 9.02. The molecule has 0 aromatic carbocycles. The van der Waals surface area contributed by atoms with Gasteiger partial charge in [0.1, 0.15) is 5.75 Å². The van der Waals surface area contributed by atoms with Crippen molar-refractivity contribution < 1.29 is 14.3 Å². The first-order valence-electron chi connectivity index (χ1n) is 4.85. The first-order chi connectivity index (χ1) is 7.76. The standard InChI is InChI=1S/C11H11NO3S/c1-3-15-9-6-8(11(13)14-2)12-7-4-5-16-10(7)9/h4-6H,3H2,1-2H3. The Morgan fingerprint density at radius 3 is 3.06 bits per heavy atom. The van der Waals surface area contributed by atoms with E-state index in [0.717, 1.165) is 10.2 Å². The monoisotopic (exact) mass is 237 g/mol. The number of aromatic nitrogens is 1. The molecular weight excluding hydrogens is 226 g/mol. The zero-order chi connectivity index (χ0) is 11.5. The Balaban J connectivity index is 2.56. The second-order valence-electron chi connectivity index (χ2n) is 3.07. The van der Waals surface area contributed by atoms with Gasteiger partial charge in [0.25, 0.3) is 0 Å². The van der Waals surface area contributed by atoms with Crippen molar-refractivity contribution in [2.45, 2.75) is 6.92 Å². The number of hydrogen-bond acceptors (Lipinski definition) is 5. The van der Waals surface area contributed by atoms with Gasteiger partial charge in [-0.15, -0.1) is 11.3 Å². The molecule has 16 heavy (non-hydrogen) atoms. The minimum atomic E-state index is -0.450. The maximum Gasteiger partial charge on any atom is 0.356 e. The molecule has 0 atom stereocenters. The van der Waals surface area contributed by atoms with Crippen LogP contribution in [0.25, 0.3) is 10.2 Å². The lowest BCUT2D eigenvalue weighted by Gasteiger charge is -2.06. The fourth-order valence-corrected chi connectivity index (χ4v) is 2.20. The molecule has 0 aliphatic rings. The summed E-state index contributed by atoms with van der Waals surface area (Å²) in [6.07, 6.45) is 0. The summed E-state index contributed by atoms with van der Waals surface area (Å²) < 4.78 is 11.1. The Morgan fingerprint density at radius 2 is 2.38 bits per heavy atom. The van der Waals surface area contributed by atoms with E-state index in [4.69, 9.17) is 4.74 Å². The predicted octanol–water partition coefficient (Wildman–Crippen LogP) is 2.48. The normalized spacial score (nSPS) is 10.4. The largest absolute Gasteiger partial charge is 0.492 e. The van der Waals surface area contributed by atoms with Gasteiger partial charge in [-0.1, -0.05) is 0 Å². The number of hydrogen-bond donors (Lipinski definition) is 0. The van der Waals surface area contributed by atoms with Gasteiger partial charge < -0.3 is 9.47 Å². The van der Waals surface area contributed by atoms with Crippen LogP contribution in [0.5, 0.6) is 5.75 Å². The minimum absolute atomic E-state index is 0.275. The Hall–Kier alpha value is -1.62. The smallest absolute Gasteiger partial charge is 0.356 e. The molecule has 0 aliphatic heterocycles. The van der Waals surface area contributed by atoms with Crippen LogP contribution in [0.15, 0.2) is 17.5 Å². The summed E-state index contributed by atoms with van der Waals surface area (Å²) in [7, 11) is 1.34. The second-order valence-corrected chi connectivity index (χ2v) is 3.98. The molecule has 2 aromatic heterocycles. The van der Waals surface area contributed by atoms with Crippen LogP contribution in [0.4, 0.5) is 0 Å². The number of nitrogens with zero attached hydrogens (tertiary/aromatic N) is 1. The Morgan fingerprint density at radius 1 is 1.56 bits per heavy atom. The summed E-state index contributed by atoms with van der Waals surface area (Å²) in [5.74, 6) is 0.233. The van der Waals surface area contributed by atoms with Gasteiger partial charge in [-0.3, -0.25) is 0 Å². The number of rotatable bonds is 3. The summed E-state index contributed by atoms with van der Waals surface area (Å²) in [6, 6.07) is 3.48. The number of esters is 1. The lowest BCUT2D eigenvalue weighted by Crippen LogP contribution is -2.05. The molecule has 0 unspecified atom stereocenters. The third-order valence-electron chi connectivity index (χ3n) is 2.07. The van der Waals surface area contributed by atoms with Gasteiger partial charge in [0.05, 0.1) is 23.9 Å². The van der Waals surface area contributed by atoms with E-state index in [0.29, 0.717) is 12.4 Å². The van der Waals surface area contributed by atoms with Crippen LogP contribution in [0.2, 0.25) is 0 Å². The van der Waals surface area contributed by atoms with Gasteiger partial charge >= 0.3 is 5.97 Å². The van der Waals surface area contributed by atoms with Crippen molar-refractivity contribution in [1.82, 2.24) is 4.98 Å². The fraction of sp³-hybridized carbons (Fsp3) is 0.273. The van der Waals surface area contributed by atoms with E-state index in [9.17, 15) is 4.79 Å². The maximum atomic E-state index is 11.4. The van der Waals surface area contributed by atoms with E-state index in [1.165, 1.54) is 7.11 Å². The van der Waals surface area contributed by atoms with E-state index < -0.39 is 5.97 Å². The Bertz CT molecular complexity index is 521. The molecular formula is C11H11NO3S. The van der Waals surface area contributed by atoms with Gasteiger partial charge in [-0.05, 0) is 18.4 Å². The molecule has 0 bridgehead atoms. The molecule has 0 N–H and O–H groups in total. The number of pyridine rings is 1. The molecule has 0 saturated carbocycles. The van der Waals surface area contributed by atoms with Crippen molar-refractivity contribution in [3.63, 3.8) is 0 Å². The molecule has 2 heterocycles. The molecule has 0 radical (unpaired) electrons. The van der Waals surface area contributed by atoms with Crippen LogP contribution < -0.4 is 4.74 Å². The molecule has 0 amide bonds. The fourth-order valence-electron chi connectivity index (χ4n) is 1.40. The zero-order valence-corrected chi connectivity index (χ0v) is 9.84. The molecule has 0 fully saturated rings. The van der Waals surface area contributed by atoms with Crippen LogP contribution in [-0.2, 0) is 4.74 Å². The van der Waals surface area contributed by atoms with Crippen molar-refractivity contribution in [3.8, 4) is 5.75 Å². The highest BCUT2D eigenvalue weighted by Crippen LogP contribution is 2.30. The third kappa shape index (κ3) is 1.86. The first-order valence-corrected chi connectivity index (χ1v) is 5.73. The van der Waals surface area contributed by atoms with E-state index >= 15 is 0 Å². The van der Waals surface area contributed by atoms with E-state index in [1.807, 2.05) is 18.4 Å². The maximum absolute atomic E-state index is 11.4. The van der Waals surface area contributed by atoms with E-state index in [2.05, 4.69) is 9.72 Å². The molecule has 0 spiro atoms. The summed E-state index contributed by atoms with van der Waals surface area (Å²) >= 11 is 1.54. The molecule has 2 rings (SSSR count). The molecule has 84 valence electrons. The van der Waals surface area contributed by atoms with Crippen LogP contribution in [0.3, 0.4) is 0 Å². The summed E-state index contributed by atoms with van der Waals surface area (Å²) in [5.41, 5.74) is 1.04. The van der Waals surface area contributed by atoms with Gasteiger partial charge in [0.15, 0.2) is 5.69 Å². The van der Waals surface area contributed by atoms with Gasteiger partial charge in [-0.25, -0.2) is 9.78 Å². The average molecular weight is 237 g/mol. The Labute approximate surface area is 96.8 Å². The summed E-state index contributed by atoms with van der Waals surface area (Å²) in [4.78, 5) is 15.6. The van der Waals surface area contributed by atoms with E-state index in [1.54, 1.807) is 17.4 Å². The number of carbonyl (C=O) groups excluding carboxylic acids is 1. The molecule has 0 saturated heterocycles. The van der Waals surface area contributed by atoms with Crippen LogP contribution in [0, 0.1) is 0 Å². The van der Waals surface area contributed by atoms with Crippen LogP contribution in [0.1, 0.15) is 17.4 Å². The van der Waals surface area contributed by atoms with Crippen molar-refractivity contribution >= 4 is 27.5 Å².